The average molecular weight is 594 g/mol. The highest BCUT2D eigenvalue weighted by Gasteiger charge is 2.58. The van der Waals surface area contributed by atoms with Gasteiger partial charge in [-0.1, -0.05) is 12.1 Å². The lowest BCUT2D eigenvalue weighted by Gasteiger charge is -2.32. The number of benzene rings is 2. The number of piperidine rings is 1. The zero-order valence-electron chi connectivity index (χ0n) is 25.0. The summed E-state index contributed by atoms with van der Waals surface area (Å²) >= 11 is 0. The average Bonchev–Trinajstić information content (AvgIpc) is 3.65. The SMILES string of the molecule is COc1cc(C#N)ccc1COc1cccc(C23CCN(Cc4nc5c(C)cc(C(=O)O)cc5n4C[C@@H]4CCO4)CC2C3)n1. The molecule has 2 saturated heterocycles. The first-order chi connectivity index (χ1) is 21.4. The highest BCUT2D eigenvalue weighted by atomic mass is 16.5. The van der Waals surface area contributed by atoms with Gasteiger partial charge >= 0.3 is 5.97 Å². The molecule has 1 aliphatic carbocycles. The van der Waals surface area contributed by atoms with Gasteiger partial charge in [-0.2, -0.15) is 5.26 Å². The van der Waals surface area contributed by atoms with Gasteiger partial charge in [-0.25, -0.2) is 14.8 Å². The van der Waals surface area contributed by atoms with Crippen molar-refractivity contribution in [2.45, 2.75) is 57.4 Å². The van der Waals surface area contributed by atoms with Crippen LogP contribution in [0.2, 0.25) is 0 Å². The van der Waals surface area contributed by atoms with E-state index in [0.29, 0.717) is 42.8 Å². The molecular weight excluding hydrogens is 558 g/mol. The van der Waals surface area contributed by atoms with Crippen LogP contribution < -0.4 is 9.47 Å². The number of imidazole rings is 1. The third-order valence-corrected chi connectivity index (χ3v) is 9.53. The molecule has 3 atom stereocenters. The molecule has 2 aromatic carbocycles. The number of nitriles is 1. The maximum Gasteiger partial charge on any atom is 0.335 e. The predicted molar refractivity (Wildman–Crippen MR) is 162 cm³/mol. The van der Waals surface area contributed by atoms with Gasteiger partial charge in [0.2, 0.25) is 5.88 Å². The number of hydrogen-bond acceptors (Lipinski definition) is 8. The van der Waals surface area contributed by atoms with Gasteiger partial charge in [0.25, 0.3) is 0 Å². The molecule has 0 amide bonds. The molecule has 0 spiro atoms. The van der Waals surface area contributed by atoms with E-state index in [1.54, 1.807) is 31.4 Å². The number of pyridine rings is 1. The Morgan fingerprint density at radius 3 is 2.82 bits per heavy atom. The van der Waals surface area contributed by atoms with Crippen molar-refractivity contribution in [1.82, 2.24) is 19.4 Å². The summed E-state index contributed by atoms with van der Waals surface area (Å²) in [5.74, 6) is 1.74. The van der Waals surface area contributed by atoms with E-state index < -0.39 is 5.97 Å². The van der Waals surface area contributed by atoms with Crippen LogP contribution in [0.1, 0.15) is 57.8 Å². The van der Waals surface area contributed by atoms with E-state index in [2.05, 4.69) is 21.6 Å². The molecule has 1 saturated carbocycles. The van der Waals surface area contributed by atoms with E-state index in [-0.39, 0.29) is 17.1 Å². The molecule has 44 heavy (non-hydrogen) atoms. The molecule has 10 heteroatoms. The molecule has 2 unspecified atom stereocenters. The Balaban J connectivity index is 1.05. The molecule has 7 rings (SSSR count). The molecule has 3 fully saturated rings. The number of carbonyl (C=O) groups is 1. The fourth-order valence-corrected chi connectivity index (χ4v) is 6.85. The Morgan fingerprint density at radius 2 is 2.09 bits per heavy atom. The fourth-order valence-electron chi connectivity index (χ4n) is 6.85. The number of aryl methyl sites for hydroxylation is 1. The summed E-state index contributed by atoms with van der Waals surface area (Å²) in [6.45, 7) is 6.27. The summed E-state index contributed by atoms with van der Waals surface area (Å²) in [7, 11) is 1.59. The van der Waals surface area contributed by atoms with E-state index in [1.165, 1.54) is 0 Å². The number of carboxylic acids is 1. The van der Waals surface area contributed by atoms with E-state index in [1.807, 2.05) is 25.1 Å². The van der Waals surface area contributed by atoms with Crippen molar-refractivity contribution in [3.05, 3.63) is 82.3 Å². The Bertz CT molecular complexity index is 1790. The fraction of sp³-hybridized carbons (Fsp3) is 0.412. The molecule has 226 valence electrons. The Labute approximate surface area is 255 Å². The van der Waals surface area contributed by atoms with Gasteiger partial charge in [0.15, 0.2) is 0 Å². The first-order valence-electron chi connectivity index (χ1n) is 15.1. The molecule has 2 aliphatic heterocycles. The van der Waals surface area contributed by atoms with Crippen LogP contribution in [0, 0.1) is 24.2 Å². The second-order valence-corrected chi connectivity index (χ2v) is 12.2. The molecule has 1 N–H and O–H groups in total. The van der Waals surface area contributed by atoms with Gasteiger partial charge in [-0.15, -0.1) is 0 Å². The zero-order chi connectivity index (χ0) is 30.4. The third-order valence-electron chi connectivity index (χ3n) is 9.53. The molecule has 4 heterocycles. The van der Waals surface area contributed by atoms with Crippen LogP contribution >= 0.6 is 0 Å². The van der Waals surface area contributed by atoms with Crippen LogP contribution in [0.4, 0.5) is 0 Å². The van der Waals surface area contributed by atoms with Crippen molar-refractivity contribution in [2.24, 2.45) is 5.92 Å². The second-order valence-electron chi connectivity index (χ2n) is 12.2. The minimum absolute atomic E-state index is 0.0644. The first kappa shape index (κ1) is 28.3. The molecular formula is C34H35N5O5. The molecule has 2 aromatic heterocycles. The summed E-state index contributed by atoms with van der Waals surface area (Å²) < 4.78 is 19.5. The van der Waals surface area contributed by atoms with E-state index in [4.69, 9.17) is 24.2 Å². The molecule has 3 aliphatic rings. The van der Waals surface area contributed by atoms with Crippen molar-refractivity contribution in [3.8, 4) is 17.7 Å². The molecule has 0 radical (unpaired) electrons. The number of rotatable bonds is 10. The minimum Gasteiger partial charge on any atom is -0.496 e. The van der Waals surface area contributed by atoms with E-state index in [9.17, 15) is 15.2 Å². The summed E-state index contributed by atoms with van der Waals surface area (Å²) in [6.07, 6.45) is 3.24. The van der Waals surface area contributed by atoms with Crippen molar-refractivity contribution in [1.29, 1.82) is 5.26 Å². The largest absolute Gasteiger partial charge is 0.496 e. The number of hydrogen-bond donors (Lipinski definition) is 1. The number of methoxy groups -OCH3 is 1. The topological polar surface area (TPSA) is 123 Å². The quantitative estimate of drug-likeness (QED) is 0.275. The smallest absolute Gasteiger partial charge is 0.335 e. The normalized spacial score (nSPS) is 22.6. The minimum atomic E-state index is -0.928. The number of carboxylic acid groups (broad SMARTS) is 1. The highest BCUT2D eigenvalue weighted by Crippen LogP contribution is 2.59. The van der Waals surface area contributed by atoms with Gasteiger partial charge in [0.1, 0.15) is 18.2 Å². The van der Waals surface area contributed by atoms with Crippen LogP contribution in [-0.4, -0.2) is 63.4 Å². The Kier molecular flexibility index (Phi) is 7.23. The van der Waals surface area contributed by atoms with Gasteiger partial charge in [0, 0.05) is 30.2 Å². The lowest BCUT2D eigenvalue weighted by molar-refractivity contribution is -0.0592. The highest BCUT2D eigenvalue weighted by molar-refractivity contribution is 5.94. The number of aromatic carboxylic acids is 1. The first-order valence-corrected chi connectivity index (χ1v) is 15.1. The van der Waals surface area contributed by atoms with Crippen molar-refractivity contribution in [2.75, 3.05) is 26.8 Å². The molecule has 0 bridgehead atoms. The van der Waals surface area contributed by atoms with E-state index >= 15 is 0 Å². The van der Waals surface area contributed by atoms with Crippen LogP contribution in [0.3, 0.4) is 0 Å². The number of aromatic nitrogens is 3. The summed E-state index contributed by atoms with van der Waals surface area (Å²) in [4.78, 5) is 24.2. The number of nitrogens with zero attached hydrogens (tertiary/aromatic N) is 5. The van der Waals surface area contributed by atoms with Gasteiger partial charge in [-0.05, 0) is 74.5 Å². The van der Waals surface area contributed by atoms with Crippen molar-refractivity contribution < 1.29 is 24.1 Å². The van der Waals surface area contributed by atoms with E-state index in [0.717, 1.165) is 72.6 Å². The zero-order valence-corrected chi connectivity index (χ0v) is 25.0. The monoisotopic (exact) mass is 593 g/mol. The lowest BCUT2D eigenvalue weighted by Crippen LogP contribution is -2.37. The summed E-state index contributed by atoms with van der Waals surface area (Å²) in [5.41, 5.74) is 5.44. The van der Waals surface area contributed by atoms with Crippen LogP contribution in [0.5, 0.6) is 11.6 Å². The number of likely N-dealkylation sites (tertiary alicyclic amines) is 1. The standard InChI is InChI=1S/C34H35N5O5/c1-21-12-24(33(40)41)14-27-32(21)37-30(39(27)18-26-8-11-43-26)19-38-10-9-34(15-25(34)17-38)29-4-3-5-31(36-29)44-20-23-7-6-22(16-35)13-28(23)42-2/h3-7,12-14,25-26H,8-11,15,17-20H2,1-2H3,(H,40,41)/t25?,26-,34?/m0/s1. The molecule has 4 aromatic rings. The van der Waals surface area contributed by atoms with Crippen LogP contribution in [0.15, 0.2) is 48.5 Å². The Hall–Kier alpha value is -4.46. The predicted octanol–water partition coefficient (Wildman–Crippen LogP) is 4.85. The maximum atomic E-state index is 11.8. The second kappa shape index (κ2) is 11.2. The van der Waals surface area contributed by atoms with Crippen molar-refractivity contribution >= 4 is 17.0 Å². The van der Waals surface area contributed by atoms with Crippen molar-refractivity contribution in [3.63, 3.8) is 0 Å². The van der Waals surface area contributed by atoms with Gasteiger partial charge in [-0.3, -0.25) is 4.90 Å². The third kappa shape index (κ3) is 5.16. The lowest BCUT2D eigenvalue weighted by atomic mass is 9.91. The number of ether oxygens (including phenoxy) is 3. The summed E-state index contributed by atoms with van der Waals surface area (Å²) in [6, 6.07) is 16.9. The van der Waals surface area contributed by atoms with Gasteiger partial charge in [0.05, 0.1) is 60.2 Å². The van der Waals surface area contributed by atoms with Gasteiger partial charge < -0.3 is 23.9 Å². The molecule has 10 nitrogen and oxygen atoms in total. The summed E-state index contributed by atoms with van der Waals surface area (Å²) in [5, 5.41) is 18.8. The Morgan fingerprint density at radius 1 is 1.23 bits per heavy atom. The van der Waals surface area contributed by atoms with Crippen LogP contribution in [0.25, 0.3) is 11.0 Å². The maximum absolute atomic E-state index is 11.8. The van der Waals surface area contributed by atoms with Crippen LogP contribution in [-0.2, 0) is 29.8 Å². The number of fused-ring (bicyclic) bond motifs is 2.